The highest BCUT2D eigenvalue weighted by atomic mass is 16.3. The van der Waals surface area contributed by atoms with Crippen molar-refractivity contribution in [3.05, 3.63) is 34.8 Å². The van der Waals surface area contributed by atoms with Gasteiger partial charge in [0.1, 0.15) is 23.2 Å². The Balaban J connectivity index is 1.44. The van der Waals surface area contributed by atoms with Crippen molar-refractivity contribution in [2.45, 2.75) is 45.7 Å². The maximum Gasteiger partial charge on any atom is 0.257 e. The van der Waals surface area contributed by atoms with Gasteiger partial charge in [-0.3, -0.25) is 4.79 Å². The number of fused-ring (bicyclic) bond motifs is 1. The fourth-order valence-electron chi connectivity index (χ4n) is 3.77. The third-order valence-corrected chi connectivity index (χ3v) is 5.07. The van der Waals surface area contributed by atoms with E-state index in [1.807, 2.05) is 24.8 Å². The van der Waals surface area contributed by atoms with Crippen molar-refractivity contribution in [1.82, 2.24) is 25.0 Å². The van der Waals surface area contributed by atoms with Crippen LogP contribution in [-0.2, 0) is 13.1 Å². The third-order valence-electron chi connectivity index (χ3n) is 5.07. The van der Waals surface area contributed by atoms with Crippen molar-refractivity contribution < 1.29 is 9.21 Å². The van der Waals surface area contributed by atoms with E-state index in [0.717, 1.165) is 63.0 Å². The van der Waals surface area contributed by atoms with Crippen LogP contribution in [0.2, 0.25) is 0 Å². The molecular weight excluding hydrogens is 306 g/mol. The summed E-state index contributed by atoms with van der Waals surface area (Å²) in [6.45, 7) is 7.94. The molecule has 24 heavy (non-hydrogen) atoms. The Labute approximate surface area is 141 Å². The van der Waals surface area contributed by atoms with Gasteiger partial charge in [0, 0.05) is 32.1 Å². The molecule has 0 aliphatic carbocycles. The van der Waals surface area contributed by atoms with Gasteiger partial charge in [0.15, 0.2) is 0 Å². The summed E-state index contributed by atoms with van der Waals surface area (Å²) in [5.74, 6) is 4.08. The number of amides is 1. The largest absolute Gasteiger partial charge is 0.466 e. The number of hydrogen-bond acceptors (Lipinski definition) is 5. The lowest BCUT2D eigenvalue weighted by atomic mass is 9.95. The normalized spacial score (nSPS) is 18.7. The van der Waals surface area contributed by atoms with Crippen LogP contribution in [0, 0.1) is 13.8 Å². The average Bonchev–Trinajstić information content (AvgIpc) is 3.17. The molecule has 7 heteroatoms. The lowest BCUT2D eigenvalue weighted by Crippen LogP contribution is -2.39. The number of carbonyl (C=O) groups excluding carboxylic acids is 1. The van der Waals surface area contributed by atoms with Gasteiger partial charge in [-0.25, -0.2) is 0 Å². The van der Waals surface area contributed by atoms with Gasteiger partial charge in [0.2, 0.25) is 0 Å². The fraction of sp³-hybridized carbons (Fsp3) is 0.588. The molecule has 2 aromatic rings. The molecule has 1 N–H and O–H groups in total. The molecule has 0 saturated carbocycles. The number of nitrogens with zero attached hydrogens (tertiary/aromatic N) is 4. The van der Waals surface area contributed by atoms with Gasteiger partial charge in [-0.2, -0.15) is 0 Å². The van der Waals surface area contributed by atoms with Crippen LogP contribution < -0.4 is 5.32 Å². The first-order valence-electron chi connectivity index (χ1n) is 8.62. The second-order valence-electron chi connectivity index (χ2n) is 6.70. The van der Waals surface area contributed by atoms with Crippen LogP contribution in [0.4, 0.5) is 0 Å². The first-order chi connectivity index (χ1) is 11.6. The zero-order valence-electron chi connectivity index (χ0n) is 14.2. The topological polar surface area (TPSA) is 76.2 Å². The number of rotatable bonds is 2. The van der Waals surface area contributed by atoms with E-state index in [-0.39, 0.29) is 5.91 Å². The van der Waals surface area contributed by atoms with Crippen LogP contribution in [0.3, 0.4) is 0 Å². The van der Waals surface area contributed by atoms with Crippen LogP contribution in [-0.4, -0.2) is 45.2 Å². The molecule has 1 fully saturated rings. The van der Waals surface area contributed by atoms with Crippen molar-refractivity contribution in [1.29, 1.82) is 0 Å². The molecular formula is C17H23N5O2. The molecule has 0 aromatic carbocycles. The molecule has 2 aromatic heterocycles. The van der Waals surface area contributed by atoms with Crippen LogP contribution in [0.1, 0.15) is 52.3 Å². The standard InChI is InChI=1S/C17H23N5O2/c1-11-9-14(12(2)24-11)17(23)21-6-3-13(4-7-21)16-20-19-15-10-18-5-8-22(15)16/h9,13,18H,3-8,10H2,1-2H3. The molecule has 0 radical (unpaired) electrons. The fourth-order valence-corrected chi connectivity index (χ4v) is 3.77. The Morgan fingerprint density at radius 1 is 1.25 bits per heavy atom. The molecule has 2 aliphatic heterocycles. The van der Waals surface area contributed by atoms with E-state index in [4.69, 9.17) is 4.42 Å². The van der Waals surface area contributed by atoms with Crippen molar-refractivity contribution in [2.24, 2.45) is 0 Å². The van der Waals surface area contributed by atoms with Crippen molar-refractivity contribution in [2.75, 3.05) is 19.6 Å². The summed E-state index contributed by atoms with van der Waals surface area (Å²) >= 11 is 0. The van der Waals surface area contributed by atoms with Crippen molar-refractivity contribution in [3.63, 3.8) is 0 Å². The number of nitrogens with one attached hydrogen (secondary N) is 1. The highest BCUT2D eigenvalue weighted by Gasteiger charge is 2.30. The zero-order valence-corrected chi connectivity index (χ0v) is 14.2. The molecule has 0 unspecified atom stereocenters. The minimum atomic E-state index is 0.0790. The van der Waals surface area contributed by atoms with Crippen molar-refractivity contribution >= 4 is 5.91 Å². The predicted molar refractivity (Wildman–Crippen MR) is 87.8 cm³/mol. The van der Waals surface area contributed by atoms with E-state index < -0.39 is 0 Å². The highest BCUT2D eigenvalue weighted by molar-refractivity contribution is 5.95. The van der Waals surface area contributed by atoms with E-state index >= 15 is 0 Å². The maximum atomic E-state index is 12.7. The Kier molecular flexibility index (Phi) is 3.88. The van der Waals surface area contributed by atoms with Gasteiger partial charge in [-0.05, 0) is 32.8 Å². The highest BCUT2D eigenvalue weighted by Crippen LogP contribution is 2.29. The lowest BCUT2D eigenvalue weighted by molar-refractivity contribution is 0.0708. The number of furan rings is 1. The zero-order chi connectivity index (χ0) is 16.7. The minimum Gasteiger partial charge on any atom is -0.466 e. The molecule has 4 rings (SSSR count). The molecule has 0 bridgehead atoms. The Morgan fingerprint density at radius 3 is 2.75 bits per heavy atom. The number of aromatic nitrogens is 3. The number of likely N-dealkylation sites (tertiary alicyclic amines) is 1. The van der Waals surface area contributed by atoms with Gasteiger partial charge in [0.25, 0.3) is 5.91 Å². The number of carbonyl (C=O) groups is 1. The Bertz CT molecular complexity index is 755. The van der Waals surface area contributed by atoms with Crippen molar-refractivity contribution in [3.8, 4) is 0 Å². The SMILES string of the molecule is Cc1cc(C(=O)N2CCC(c3nnc4n3CCNC4)CC2)c(C)o1. The maximum absolute atomic E-state index is 12.7. The van der Waals surface area contributed by atoms with Crippen LogP contribution in [0.25, 0.3) is 0 Å². The van der Waals surface area contributed by atoms with Gasteiger partial charge in [0.05, 0.1) is 12.1 Å². The summed E-state index contributed by atoms with van der Waals surface area (Å²) in [5.41, 5.74) is 0.692. The second-order valence-corrected chi connectivity index (χ2v) is 6.70. The van der Waals surface area contributed by atoms with Crippen LogP contribution >= 0.6 is 0 Å². The quantitative estimate of drug-likeness (QED) is 0.906. The molecule has 1 amide bonds. The summed E-state index contributed by atoms with van der Waals surface area (Å²) in [6.07, 6.45) is 1.88. The van der Waals surface area contributed by atoms with E-state index in [1.165, 1.54) is 0 Å². The average molecular weight is 329 g/mol. The lowest BCUT2D eigenvalue weighted by Gasteiger charge is -2.32. The summed E-state index contributed by atoms with van der Waals surface area (Å²) < 4.78 is 7.75. The Morgan fingerprint density at radius 2 is 2.04 bits per heavy atom. The van der Waals surface area contributed by atoms with Gasteiger partial charge in [-0.1, -0.05) is 0 Å². The molecule has 1 saturated heterocycles. The number of hydrogen-bond donors (Lipinski definition) is 1. The predicted octanol–water partition coefficient (Wildman–Crippen LogP) is 1.61. The van der Waals surface area contributed by atoms with Gasteiger partial charge in [-0.15, -0.1) is 10.2 Å². The van der Waals surface area contributed by atoms with E-state index in [9.17, 15) is 4.79 Å². The van der Waals surface area contributed by atoms with Gasteiger partial charge < -0.3 is 19.2 Å². The first kappa shape index (κ1) is 15.4. The number of aryl methyl sites for hydroxylation is 2. The molecule has 2 aliphatic rings. The van der Waals surface area contributed by atoms with Crippen LogP contribution in [0.5, 0.6) is 0 Å². The summed E-state index contributed by atoms with van der Waals surface area (Å²) in [4.78, 5) is 14.6. The molecule has 4 heterocycles. The molecule has 0 atom stereocenters. The third kappa shape index (κ3) is 2.62. The second kappa shape index (κ2) is 6.05. The van der Waals surface area contributed by atoms with E-state index in [1.54, 1.807) is 0 Å². The molecule has 0 spiro atoms. The minimum absolute atomic E-state index is 0.0790. The summed E-state index contributed by atoms with van der Waals surface area (Å²) in [6, 6.07) is 1.84. The molecule has 128 valence electrons. The van der Waals surface area contributed by atoms with E-state index in [0.29, 0.717) is 17.2 Å². The van der Waals surface area contributed by atoms with Gasteiger partial charge >= 0.3 is 0 Å². The van der Waals surface area contributed by atoms with Crippen LogP contribution in [0.15, 0.2) is 10.5 Å². The summed E-state index contributed by atoms with van der Waals surface area (Å²) in [7, 11) is 0. The Hall–Kier alpha value is -2.15. The monoisotopic (exact) mass is 329 g/mol. The smallest absolute Gasteiger partial charge is 0.257 e. The molecule has 7 nitrogen and oxygen atoms in total. The number of piperidine rings is 1. The first-order valence-corrected chi connectivity index (χ1v) is 8.62. The van der Waals surface area contributed by atoms with E-state index in [2.05, 4.69) is 20.1 Å². The summed E-state index contributed by atoms with van der Waals surface area (Å²) in [5, 5.41) is 12.0.